The molecule has 2 aliphatic rings. The molecule has 4 rings (SSSR count). The number of methoxy groups -OCH3 is 1. The van der Waals surface area contributed by atoms with Gasteiger partial charge in [-0.2, -0.15) is 0 Å². The lowest BCUT2D eigenvalue weighted by molar-refractivity contribution is -0.126. The average Bonchev–Trinajstić information content (AvgIpc) is 3.30. The molecule has 7 heteroatoms. The Morgan fingerprint density at radius 2 is 1.94 bits per heavy atom. The van der Waals surface area contributed by atoms with Crippen LogP contribution in [0.25, 0.3) is 10.9 Å². The van der Waals surface area contributed by atoms with Crippen LogP contribution in [-0.4, -0.2) is 72.5 Å². The fraction of sp³-hybridized carbons (Fsp3) is 0.630. The van der Waals surface area contributed by atoms with Crippen LogP contribution in [0.1, 0.15) is 62.9 Å². The molecule has 0 radical (unpaired) electrons. The number of piperidine rings is 2. The Kier molecular flexibility index (Phi) is 8.14. The molecular formula is C27H40N4O3. The van der Waals surface area contributed by atoms with E-state index in [1.165, 1.54) is 25.8 Å². The van der Waals surface area contributed by atoms with Gasteiger partial charge in [0.1, 0.15) is 11.4 Å². The van der Waals surface area contributed by atoms with Gasteiger partial charge in [0.15, 0.2) is 0 Å². The summed E-state index contributed by atoms with van der Waals surface area (Å²) in [6.45, 7) is 8.72. The molecule has 7 nitrogen and oxygen atoms in total. The maximum Gasteiger partial charge on any atom is 0.270 e. The van der Waals surface area contributed by atoms with Crippen LogP contribution >= 0.6 is 0 Å². The van der Waals surface area contributed by atoms with Gasteiger partial charge in [-0.15, -0.1) is 0 Å². The number of aromatic amines is 1. The smallest absolute Gasteiger partial charge is 0.270 e. The van der Waals surface area contributed by atoms with Crippen molar-refractivity contribution in [2.75, 3.05) is 39.8 Å². The van der Waals surface area contributed by atoms with Crippen LogP contribution in [0.4, 0.5) is 0 Å². The zero-order valence-electron chi connectivity index (χ0n) is 20.9. The summed E-state index contributed by atoms with van der Waals surface area (Å²) in [5.74, 6) is 1.24. The molecule has 2 aliphatic heterocycles. The lowest BCUT2D eigenvalue weighted by atomic mass is 9.84. The van der Waals surface area contributed by atoms with Crippen molar-refractivity contribution in [3.8, 4) is 5.75 Å². The Hall–Kier alpha value is -2.54. The number of carbonyl (C=O) groups excluding carboxylic acids is 2. The van der Waals surface area contributed by atoms with Gasteiger partial charge in [0, 0.05) is 55.1 Å². The zero-order chi connectivity index (χ0) is 24.1. The molecule has 1 aromatic heterocycles. The molecule has 2 aromatic rings. The first-order chi connectivity index (χ1) is 16.5. The van der Waals surface area contributed by atoms with Crippen LogP contribution in [0.3, 0.4) is 0 Å². The van der Waals surface area contributed by atoms with E-state index in [9.17, 15) is 9.59 Å². The van der Waals surface area contributed by atoms with Crippen LogP contribution in [0, 0.1) is 11.8 Å². The number of likely N-dealkylation sites (tertiary alicyclic amines) is 2. The van der Waals surface area contributed by atoms with Gasteiger partial charge in [0.05, 0.1) is 7.11 Å². The summed E-state index contributed by atoms with van der Waals surface area (Å²) in [5.41, 5.74) is 1.51. The minimum Gasteiger partial charge on any atom is -0.497 e. The summed E-state index contributed by atoms with van der Waals surface area (Å²) in [7, 11) is 1.64. The first kappa shape index (κ1) is 24.6. The first-order valence-electron chi connectivity index (χ1n) is 12.9. The van der Waals surface area contributed by atoms with Gasteiger partial charge < -0.3 is 24.8 Å². The number of H-pyrrole nitrogens is 1. The topological polar surface area (TPSA) is 77.7 Å². The minimum absolute atomic E-state index is 0.0216. The number of amides is 2. The summed E-state index contributed by atoms with van der Waals surface area (Å²) < 4.78 is 5.27. The number of hydrogen-bond acceptors (Lipinski definition) is 4. The van der Waals surface area contributed by atoms with Gasteiger partial charge in [-0.05, 0) is 69.7 Å². The van der Waals surface area contributed by atoms with Crippen molar-refractivity contribution in [1.82, 2.24) is 20.1 Å². The lowest BCUT2D eigenvalue weighted by Gasteiger charge is -2.34. The predicted octanol–water partition coefficient (Wildman–Crippen LogP) is 4.05. The van der Waals surface area contributed by atoms with Crippen molar-refractivity contribution in [1.29, 1.82) is 0 Å². The van der Waals surface area contributed by atoms with Crippen molar-refractivity contribution < 1.29 is 14.3 Å². The average molecular weight is 469 g/mol. The van der Waals surface area contributed by atoms with E-state index in [1.807, 2.05) is 36.1 Å². The molecular weight excluding hydrogens is 428 g/mol. The standard InChI is InChI=1S/C27H40N4O3/c1-19-7-4-5-13-30(19)14-6-12-28-26(32)20(2)21-10-15-31(16-11-21)27(33)25-17-22-8-9-23(34-3)18-24(22)29-25/h8-9,17-21,29H,4-7,10-16H2,1-3H3,(H,28,32)/t19-,20+/m0/s1. The van der Waals surface area contributed by atoms with E-state index in [0.717, 1.165) is 49.0 Å². The van der Waals surface area contributed by atoms with Crippen molar-refractivity contribution in [3.63, 3.8) is 0 Å². The van der Waals surface area contributed by atoms with E-state index < -0.39 is 0 Å². The molecule has 2 atom stereocenters. The minimum atomic E-state index is -0.0216. The fourth-order valence-electron chi connectivity index (χ4n) is 5.48. The number of benzene rings is 1. The number of rotatable bonds is 8. The highest BCUT2D eigenvalue weighted by atomic mass is 16.5. The molecule has 0 spiro atoms. The maximum atomic E-state index is 13.0. The maximum absolute atomic E-state index is 13.0. The molecule has 2 saturated heterocycles. The van der Waals surface area contributed by atoms with Crippen LogP contribution in [0.2, 0.25) is 0 Å². The molecule has 2 amide bonds. The molecule has 0 bridgehead atoms. The summed E-state index contributed by atoms with van der Waals surface area (Å²) in [6.07, 6.45) is 6.66. The third-order valence-electron chi connectivity index (χ3n) is 7.87. The first-order valence-corrected chi connectivity index (χ1v) is 12.9. The normalized spacial score (nSPS) is 20.9. The van der Waals surface area contributed by atoms with Crippen molar-refractivity contribution in [2.45, 2.75) is 58.4 Å². The zero-order valence-corrected chi connectivity index (χ0v) is 20.9. The number of hydrogen-bond donors (Lipinski definition) is 2. The Balaban J connectivity index is 1.21. The second-order valence-corrected chi connectivity index (χ2v) is 10.1. The van der Waals surface area contributed by atoms with Crippen LogP contribution in [0.15, 0.2) is 24.3 Å². The van der Waals surface area contributed by atoms with Gasteiger partial charge in [-0.25, -0.2) is 0 Å². The number of nitrogens with zero attached hydrogens (tertiary/aromatic N) is 2. The third-order valence-corrected chi connectivity index (χ3v) is 7.87. The quantitative estimate of drug-likeness (QED) is 0.573. The van der Waals surface area contributed by atoms with E-state index >= 15 is 0 Å². The molecule has 2 fully saturated rings. The monoisotopic (exact) mass is 468 g/mol. The number of nitrogens with one attached hydrogen (secondary N) is 2. The summed E-state index contributed by atoms with van der Waals surface area (Å²) in [6, 6.07) is 8.34. The Bertz CT molecular complexity index is 979. The molecule has 186 valence electrons. The molecule has 0 saturated carbocycles. The van der Waals surface area contributed by atoms with E-state index in [-0.39, 0.29) is 17.7 Å². The van der Waals surface area contributed by atoms with Crippen LogP contribution < -0.4 is 10.1 Å². The highest BCUT2D eigenvalue weighted by Gasteiger charge is 2.30. The number of ether oxygens (including phenoxy) is 1. The van der Waals surface area contributed by atoms with E-state index in [1.54, 1.807) is 7.11 Å². The Morgan fingerprint density at radius 1 is 1.15 bits per heavy atom. The summed E-state index contributed by atoms with van der Waals surface area (Å²) in [5, 5.41) is 4.16. The van der Waals surface area contributed by atoms with Gasteiger partial charge in [0.25, 0.3) is 5.91 Å². The molecule has 0 unspecified atom stereocenters. The Labute approximate surface area is 203 Å². The molecule has 2 N–H and O–H groups in total. The van der Waals surface area contributed by atoms with E-state index in [0.29, 0.717) is 30.7 Å². The third kappa shape index (κ3) is 5.74. The Morgan fingerprint density at radius 3 is 2.68 bits per heavy atom. The van der Waals surface area contributed by atoms with Crippen molar-refractivity contribution in [3.05, 3.63) is 30.0 Å². The van der Waals surface area contributed by atoms with Crippen LogP contribution in [-0.2, 0) is 4.79 Å². The van der Waals surface area contributed by atoms with E-state index in [2.05, 4.69) is 22.1 Å². The number of carbonyl (C=O) groups is 2. The summed E-state index contributed by atoms with van der Waals surface area (Å²) in [4.78, 5) is 33.5. The second-order valence-electron chi connectivity index (χ2n) is 10.1. The highest BCUT2D eigenvalue weighted by Crippen LogP contribution is 2.27. The SMILES string of the molecule is COc1ccc2cc(C(=O)N3CCC([C@@H](C)C(=O)NCCCN4CCCC[C@@H]4C)CC3)[nH]c2c1. The van der Waals surface area contributed by atoms with Gasteiger partial charge in [-0.3, -0.25) is 9.59 Å². The second kappa shape index (κ2) is 11.3. The van der Waals surface area contributed by atoms with Gasteiger partial charge >= 0.3 is 0 Å². The highest BCUT2D eigenvalue weighted by molar-refractivity contribution is 5.98. The molecule has 34 heavy (non-hydrogen) atoms. The largest absolute Gasteiger partial charge is 0.497 e. The van der Waals surface area contributed by atoms with Gasteiger partial charge in [-0.1, -0.05) is 13.3 Å². The van der Waals surface area contributed by atoms with Crippen molar-refractivity contribution in [2.24, 2.45) is 11.8 Å². The number of aromatic nitrogens is 1. The number of fused-ring (bicyclic) bond motifs is 1. The summed E-state index contributed by atoms with van der Waals surface area (Å²) >= 11 is 0. The molecule has 0 aliphatic carbocycles. The van der Waals surface area contributed by atoms with Crippen molar-refractivity contribution >= 4 is 22.7 Å². The lowest BCUT2D eigenvalue weighted by Crippen LogP contribution is -2.43. The fourth-order valence-corrected chi connectivity index (χ4v) is 5.48. The molecule has 3 heterocycles. The van der Waals surface area contributed by atoms with E-state index in [4.69, 9.17) is 4.74 Å². The molecule has 1 aromatic carbocycles. The van der Waals surface area contributed by atoms with Crippen LogP contribution in [0.5, 0.6) is 5.75 Å². The van der Waals surface area contributed by atoms with Gasteiger partial charge in [0.2, 0.25) is 5.91 Å². The predicted molar refractivity (Wildman–Crippen MR) is 135 cm³/mol.